The molecule has 3 aromatic rings. The number of H-pyrrole nitrogens is 1. The second-order valence-corrected chi connectivity index (χ2v) is 6.95. The van der Waals surface area contributed by atoms with Gasteiger partial charge in [-0.05, 0) is 18.6 Å². The molecule has 2 aromatic heterocycles. The summed E-state index contributed by atoms with van der Waals surface area (Å²) >= 11 is 12.7. The number of aliphatic hydroxyl groups excluding tert-OH is 1. The summed E-state index contributed by atoms with van der Waals surface area (Å²) < 4.78 is 15.2. The Morgan fingerprint density at radius 1 is 1.33 bits per heavy atom. The maximum absolute atomic E-state index is 15.2. The number of aromatic nitrogens is 2. The third kappa shape index (κ3) is 3.22. The molecule has 0 unspecified atom stereocenters. The van der Waals surface area contributed by atoms with Crippen LogP contribution in [0.1, 0.15) is 15.9 Å². The van der Waals surface area contributed by atoms with Crippen molar-refractivity contribution in [2.45, 2.75) is 6.42 Å². The van der Waals surface area contributed by atoms with E-state index in [-0.39, 0.29) is 34.9 Å². The molecule has 0 radical (unpaired) electrons. The highest BCUT2D eigenvalue weighted by Gasteiger charge is 2.24. The van der Waals surface area contributed by atoms with E-state index < -0.39 is 11.7 Å². The summed E-state index contributed by atoms with van der Waals surface area (Å²) in [4.78, 5) is 20.7. The van der Waals surface area contributed by atoms with Gasteiger partial charge >= 0.3 is 0 Å². The van der Waals surface area contributed by atoms with Crippen molar-refractivity contribution in [3.8, 4) is 11.1 Å². The average Bonchev–Trinajstić information content (AvgIpc) is 2.93. The van der Waals surface area contributed by atoms with Crippen LogP contribution in [0, 0.1) is 5.82 Å². The number of hydrogen-bond donors (Lipinski definition) is 3. The van der Waals surface area contributed by atoms with Crippen LogP contribution in [0.25, 0.3) is 22.2 Å². The molecule has 0 saturated carbocycles. The fraction of sp³-hybridized carbons (Fsp3) is 0.222. The maximum Gasteiger partial charge on any atom is 0.258 e. The number of carbonyl (C=O) groups excluding carboxylic acids is 1. The fourth-order valence-corrected chi connectivity index (χ4v) is 3.56. The molecule has 0 bridgehead atoms. The Balaban J connectivity index is 2.27. The third-order valence-electron chi connectivity index (χ3n) is 4.26. The highest BCUT2D eigenvalue weighted by Crippen LogP contribution is 2.39. The lowest BCUT2D eigenvalue weighted by Gasteiger charge is -2.16. The lowest BCUT2D eigenvalue weighted by Crippen LogP contribution is -2.24. The molecule has 0 aliphatic rings. The van der Waals surface area contributed by atoms with E-state index in [1.807, 2.05) is 0 Å². The first-order valence-corrected chi connectivity index (χ1v) is 8.78. The van der Waals surface area contributed by atoms with Gasteiger partial charge in [-0.1, -0.05) is 23.2 Å². The summed E-state index contributed by atoms with van der Waals surface area (Å²) in [6.07, 6.45) is 1.66. The Morgan fingerprint density at radius 2 is 2.04 bits per heavy atom. The topological polar surface area (TPSA) is 95.2 Å². The summed E-state index contributed by atoms with van der Waals surface area (Å²) in [6, 6.07) is 2.90. The fourth-order valence-electron chi connectivity index (χ4n) is 2.92. The van der Waals surface area contributed by atoms with E-state index in [4.69, 9.17) is 28.9 Å². The van der Waals surface area contributed by atoms with Crippen molar-refractivity contribution in [1.82, 2.24) is 14.9 Å². The number of pyridine rings is 1. The second-order valence-electron chi connectivity index (χ2n) is 6.19. The minimum Gasteiger partial charge on any atom is -0.398 e. The minimum absolute atomic E-state index is 0.0331. The first kappa shape index (κ1) is 19.4. The van der Waals surface area contributed by atoms with Gasteiger partial charge in [0.25, 0.3) is 5.91 Å². The van der Waals surface area contributed by atoms with E-state index in [1.54, 1.807) is 0 Å². The Morgan fingerprint density at radius 3 is 2.67 bits per heavy atom. The van der Waals surface area contributed by atoms with E-state index in [2.05, 4.69) is 9.97 Å². The maximum atomic E-state index is 15.2. The molecule has 27 heavy (non-hydrogen) atoms. The predicted molar refractivity (Wildman–Crippen MR) is 105 cm³/mol. The molecule has 0 atom stereocenters. The van der Waals surface area contributed by atoms with Crippen LogP contribution < -0.4 is 5.73 Å². The Bertz CT molecular complexity index is 1050. The van der Waals surface area contributed by atoms with Gasteiger partial charge < -0.3 is 20.7 Å². The highest BCUT2D eigenvalue weighted by molar-refractivity contribution is 6.39. The number of benzene rings is 1. The molecule has 1 amide bonds. The van der Waals surface area contributed by atoms with Gasteiger partial charge in [0, 0.05) is 54.7 Å². The third-order valence-corrected chi connectivity index (χ3v) is 4.97. The lowest BCUT2D eigenvalue weighted by atomic mass is 9.99. The van der Waals surface area contributed by atoms with Crippen molar-refractivity contribution in [3.63, 3.8) is 0 Å². The number of aromatic amines is 1. The molecule has 1 aromatic carbocycles. The average molecular weight is 411 g/mol. The van der Waals surface area contributed by atoms with Crippen molar-refractivity contribution < 1.29 is 14.3 Å². The van der Waals surface area contributed by atoms with Crippen LogP contribution in [-0.4, -0.2) is 46.6 Å². The van der Waals surface area contributed by atoms with Gasteiger partial charge in [-0.15, -0.1) is 0 Å². The molecule has 0 spiro atoms. The van der Waals surface area contributed by atoms with Crippen molar-refractivity contribution >= 4 is 45.8 Å². The van der Waals surface area contributed by atoms with Gasteiger partial charge in [-0.3, -0.25) is 4.79 Å². The summed E-state index contributed by atoms with van der Waals surface area (Å²) in [5.74, 6) is -1.33. The number of fused-ring (bicyclic) bond motifs is 1. The number of aliphatic hydroxyl groups is 1. The number of nitrogen functional groups attached to an aromatic ring is 1. The monoisotopic (exact) mass is 410 g/mol. The van der Waals surface area contributed by atoms with Crippen LogP contribution in [0.5, 0.6) is 0 Å². The van der Waals surface area contributed by atoms with Crippen LogP contribution in [0.3, 0.4) is 0 Å². The van der Waals surface area contributed by atoms with E-state index >= 15 is 4.39 Å². The summed E-state index contributed by atoms with van der Waals surface area (Å²) in [6.45, 7) is -0.134. The second kappa shape index (κ2) is 7.34. The number of rotatable bonds is 4. The van der Waals surface area contributed by atoms with Gasteiger partial charge in [0.1, 0.15) is 16.6 Å². The molecule has 142 valence electrons. The Kier molecular flexibility index (Phi) is 5.28. The lowest BCUT2D eigenvalue weighted by molar-refractivity contribution is 0.0824. The molecule has 0 fully saturated rings. The number of carbonyl (C=O) groups is 1. The standard InChI is InChI=1S/C18H17Cl2FN4O2/c1-25(2)18(27)13-11(22)4-3-8(15(13)21)10-7-23-17-12(14(10)19)9(5-6-26)16(20)24-17/h3-4,7,26H,5-6,22H2,1-2H3,(H,23,24). The van der Waals surface area contributed by atoms with Crippen LogP contribution >= 0.6 is 23.2 Å². The van der Waals surface area contributed by atoms with E-state index in [0.717, 1.165) is 0 Å². The van der Waals surface area contributed by atoms with Gasteiger partial charge in [0.05, 0.1) is 10.6 Å². The molecule has 0 saturated heterocycles. The van der Waals surface area contributed by atoms with Crippen LogP contribution in [0.2, 0.25) is 10.2 Å². The number of hydrogen-bond acceptors (Lipinski definition) is 4. The van der Waals surface area contributed by atoms with Crippen molar-refractivity contribution in [2.75, 3.05) is 26.4 Å². The molecule has 0 aliphatic carbocycles. The number of amides is 1. The molecule has 4 N–H and O–H groups in total. The predicted octanol–water partition coefficient (Wildman–Crippen LogP) is 3.49. The van der Waals surface area contributed by atoms with Crippen molar-refractivity contribution in [3.05, 3.63) is 45.4 Å². The number of anilines is 1. The molecule has 6 nitrogen and oxygen atoms in total. The minimum atomic E-state index is -0.776. The van der Waals surface area contributed by atoms with E-state index in [1.165, 1.54) is 37.3 Å². The Labute approximate surface area is 164 Å². The smallest absolute Gasteiger partial charge is 0.258 e. The van der Waals surface area contributed by atoms with Gasteiger partial charge in [-0.2, -0.15) is 0 Å². The normalized spacial score (nSPS) is 11.2. The quantitative estimate of drug-likeness (QED) is 0.573. The van der Waals surface area contributed by atoms with Crippen LogP contribution in [-0.2, 0) is 6.42 Å². The van der Waals surface area contributed by atoms with Gasteiger partial charge in [0.2, 0.25) is 0 Å². The summed E-state index contributed by atoms with van der Waals surface area (Å²) in [5, 5.41) is 10.3. The Hall–Kier alpha value is -2.35. The van der Waals surface area contributed by atoms with Gasteiger partial charge in [0.15, 0.2) is 0 Å². The number of nitrogens with one attached hydrogen (secondary N) is 1. The van der Waals surface area contributed by atoms with Crippen molar-refractivity contribution in [1.29, 1.82) is 0 Å². The largest absolute Gasteiger partial charge is 0.398 e. The molecular weight excluding hydrogens is 394 g/mol. The molecule has 0 aliphatic heterocycles. The molecule has 3 rings (SSSR count). The zero-order chi connectivity index (χ0) is 19.9. The summed E-state index contributed by atoms with van der Waals surface area (Å²) in [7, 11) is 3.02. The van der Waals surface area contributed by atoms with Crippen molar-refractivity contribution in [2.24, 2.45) is 0 Å². The number of halogens is 3. The number of nitrogens with zero attached hydrogens (tertiary/aromatic N) is 2. The molecule has 2 heterocycles. The highest BCUT2D eigenvalue weighted by atomic mass is 35.5. The molecule has 9 heteroatoms. The van der Waals surface area contributed by atoms with Crippen LogP contribution in [0.15, 0.2) is 18.3 Å². The summed E-state index contributed by atoms with van der Waals surface area (Å²) in [5.41, 5.74) is 7.04. The van der Waals surface area contributed by atoms with E-state index in [0.29, 0.717) is 27.3 Å². The zero-order valence-corrected chi connectivity index (χ0v) is 16.1. The first-order valence-electron chi connectivity index (χ1n) is 8.03. The number of nitrogens with two attached hydrogens (primary N) is 1. The van der Waals surface area contributed by atoms with E-state index in [9.17, 15) is 9.90 Å². The van der Waals surface area contributed by atoms with Gasteiger partial charge in [-0.25, -0.2) is 9.37 Å². The first-order chi connectivity index (χ1) is 12.8. The zero-order valence-electron chi connectivity index (χ0n) is 14.6. The SMILES string of the molecule is CN(C)C(=O)c1c(N)ccc(-c2cnc3[nH]c(Cl)c(CCO)c3c2Cl)c1F. The van der Waals surface area contributed by atoms with Crippen LogP contribution in [0.4, 0.5) is 10.1 Å². The molecular formula is C18H17Cl2FN4O2.